The van der Waals surface area contributed by atoms with Gasteiger partial charge in [0.05, 0.1) is 12.5 Å². The normalized spacial score (nSPS) is 16.3. The van der Waals surface area contributed by atoms with Crippen LogP contribution in [-0.4, -0.2) is 13.0 Å². The highest BCUT2D eigenvalue weighted by atomic mass is 16.5. The molecule has 0 bridgehead atoms. The van der Waals surface area contributed by atoms with E-state index in [1.54, 1.807) is 7.11 Å². The van der Waals surface area contributed by atoms with Crippen LogP contribution in [0.5, 0.6) is 5.75 Å². The van der Waals surface area contributed by atoms with Crippen LogP contribution < -0.4 is 16.0 Å². The minimum Gasteiger partial charge on any atom is -0.496 e. The summed E-state index contributed by atoms with van der Waals surface area (Å²) in [5.41, 5.74) is 5.19. The third kappa shape index (κ3) is 2.21. The lowest BCUT2D eigenvalue weighted by Crippen LogP contribution is -2.39. The Morgan fingerprint density at radius 1 is 1.42 bits per heavy atom. The van der Waals surface area contributed by atoms with E-state index in [9.17, 15) is 4.79 Å². The molecule has 1 aliphatic carbocycles. The number of carbonyl (C=O) groups is 1. The fourth-order valence-corrected chi connectivity index (χ4v) is 2.72. The Hall–Kier alpha value is -1.55. The van der Waals surface area contributed by atoms with Gasteiger partial charge in [0.1, 0.15) is 5.75 Å². The van der Waals surface area contributed by atoms with Gasteiger partial charge in [0.25, 0.3) is 0 Å². The summed E-state index contributed by atoms with van der Waals surface area (Å²) in [6, 6.07) is 4.13. The number of carbonyl (C=O) groups excluding carboxylic acids is 1. The molecule has 0 unspecified atom stereocenters. The third-order valence-electron chi connectivity index (χ3n) is 4.03. The van der Waals surface area contributed by atoms with Crippen LogP contribution in [0, 0.1) is 6.92 Å². The molecule has 1 aromatic rings. The van der Waals surface area contributed by atoms with Crippen molar-refractivity contribution in [3.05, 3.63) is 28.8 Å². The SMILES string of the molecule is COc1cc(C)c(C2(C(=O)NN)CC2)cc1C(C)C. The number of amides is 1. The highest BCUT2D eigenvalue weighted by Gasteiger charge is 2.52. The first kappa shape index (κ1) is 13.9. The molecule has 4 heteroatoms. The lowest BCUT2D eigenvalue weighted by atomic mass is 9.87. The minimum absolute atomic E-state index is 0.0875. The van der Waals surface area contributed by atoms with Crippen LogP contribution in [0.4, 0.5) is 0 Å². The van der Waals surface area contributed by atoms with Gasteiger partial charge in [0.2, 0.25) is 5.91 Å². The Kier molecular flexibility index (Phi) is 3.54. The summed E-state index contributed by atoms with van der Waals surface area (Å²) >= 11 is 0. The van der Waals surface area contributed by atoms with E-state index in [1.165, 1.54) is 0 Å². The first-order chi connectivity index (χ1) is 8.96. The molecule has 19 heavy (non-hydrogen) atoms. The van der Waals surface area contributed by atoms with E-state index in [-0.39, 0.29) is 5.91 Å². The molecule has 0 aliphatic heterocycles. The first-order valence-corrected chi connectivity index (χ1v) is 6.66. The standard InChI is InChI=1S/C15H22N2O2/c1-9(2)11-8-12(10(3)7-13(11)19-4)15(5-6-15)14(18)17-16/h7-9H,5-6,16H2,1-4H3,(H,17,18). The number of hydrogen-bond acceptors (Lipinski definition) is 3. The Morgan fingerprint density at radius 2 is 2.05 bits per heavy atom. The second-order valence-electron chi connectivity index (χ2n) is 5.62. The zero-order valence-electron chi connectivity index (χ0n) is 12.0. The van der Waals surface area contributed by atoms with Gasteiger partial charge in [-0.25, -0.2) is 5.84 Å². The van der Waals surface area contributed by atoms with Crippen molar-refractivity contribution in [1.82, 2.24) is 5.43 Å². The summed E-state index contributed by atoms with van der Waals surface area (Å²) in [6.07, 6.45) is 1.72. The smallest absolute Gasteiger partial charge is 0.244 e. The van der Waals surface area contributed by atoms with Crippen LogP contribution in [0.25, 0.3) is 0 Å². The molecule has 104 valence electrons. The fourth-order valence-electron chi connectivity index (χ4n) is 2.72. The molecule has 0 heterocycles. The topological polar surface area (TPSA) is 64.3 Å². The number of nitrogens with two attached hydrogens (primary N) is 1. The quantitative estimate of drug-likeness (QED) is 0.496. The molecule has 3 N–H and O–H groups in total. The molecule has 2 rings (SSSR count). The Balaban J connectivity index is 2.53. The summed E-state index contributed by atoms with van der Waals surface area (Å²) in [6.45, 7) is 6.27. The number of hydrazine groups is 1. The van der Waals surface area contributed by atoms with Crippen molar-refractivity contribution < 1.29 is 9.53 Å². The van der Waals surface area contributed by atoms with Gasteiger partial charge < -0.3 is 4.74 Å². The number of aryl methyl sites for hydroxylation is 1. The highest BCUT2D eigenvalue weighted by Crippen LogP contribution is 2.50. The highest BCUT2D eigenvalue weighted by molar-refractivity contribution is 5.91. The number of rotatable bonds is 4. The van der Waals surface area contributed by atoms with E-state index in [0.29, 0.717) is 5.92 Å². The zero-order valence-corrected chi connectivity index (χ0v) is 12.0. The molecular weight excluding hydrogens is 240 g/mol. The van der Waals surface area contributed by atoms with Crippen molar-refractivity contribution in [3.8, 4) is 5.75 Å². The molecule has 1 fully saturated rings. The molecule has 4 nitrogen and oxygen atoms in total. The Labute approximate surface area is 114 Å². The molecule has 0 radical (unpaired) electrons. The number of nitrogens with one attached hydrogen (secondary N) is 1. The largest absolute Gasteiger partial charge is 0.496 e. The molecule has 0 saturated heterocycles. The fraction of sp³-hybridized carbons (Fsp3) is 0.533. The van der Waals surface area contributed by atoms with Gasteiger partial charge >= 0.3 is 0 Å². The van der Waals surface area contributed by atoms with Crippen molar-refractivity contribution in [3.63, 3.8) is 0 Å². The van der Waals surface area contributed by atoms with Crippen molar-refractivity contribution in [1.29, 1.82) is 0 Å². The summed E-state index contributed by atoms with van der Waals surface area (Å²) < 4.78 is 5.44. The Morgan fingerprint density at radius 3 is 2.47 bits per heavy atom. The predicted molar refractivity (Wildman–Crippen MR) is 75.1 cm³/mol. The second kappa shape index (κ2) is 4.85. The van der Waals surface area contributed by atoms with Crippen LogP contribution in [0.3, 0.4) is 0 Å². The van der Waals surface area contributed by atoms with E-state index in [1.807, 2.05) is 13.0 Å². The number of hydrogen-bond donors (Lipinski definition) is 2. The zero-order chi connectivity index (χ0) is 14.2. The number of methoxy groups -OCH3 is 1. The van der Waals surface area contributed by atoms with Gasteiger partial charge in [-0.05, 0) is 48.4 Å². The van der Waals surface area contributed by atoms with Crippen molar-refractivity contribution in [2.75, 3.05) is 7.11 Å². The maximum absolute atomic E-state index is 12.0. The van der Waals surface area contributed by atoms with Gasteiger partial charge in [0, 0.05) is 0 Å². The number of ether oxygens (including phenoxy) is 1. The van der Waals surface area contributed by atoms with Crippen molar-refractivity contribution in [2.24, 2.45) is 5.84 Å². The summed E-state index contributed by atoms with van der Waals surface area (Å²) in [5.74, 6) is 6.47. The Bertz CT molecular complexity index is 505. The molecule has 0 atom stereocenters. The van der Waals surface area contributed by atoms with Gasteiger partial charge in [0.15, 0.2) is 0 Å². The van der Waals surface area contributed by atoms with Crippen LogP contribution >= 0.6 is 0 Å². The minimum atomic E-state index is -0.422. The summed E-state index contributed by atoms with van der Waals surface area (Å²) in [7, 11) is 1.68. The average molecular weight is 262 g/mol. The van der Waals surface area contributed by atoms with Gasteiger partial charge in [-0.1, -0.05) is 19.9 Å². The maximum atomic E-state index is 12.0. The van der Waals surface area contributed by atoms with E-state index >= 15 is 0 Å². The molecule has 1 amide bonds. The second-order valence-corrected chi connectivity index (χ2v) is 5.62. The summed E-state index contributed by atoms with van der Waals surface area (Å²) in [5, 5.41) is 0. The molecule has 1 aliphatic rings. The van der Waals surface area contributed by atoms with E-state index in [2.05, 4.69) is 25.3 Å². The average Bonchev–Trinajstić information content (AvgIpc) is 3.18. The van der Waals surface area contributed by atoms with Crippen molar-refractivity contribution >= 4 is 5.91 Å². The van der Waals surface area contributed by atoms with Crippen LogP contribution in [0.15, 0.2) is 12.1 Å². The predicted octanol–water partition coefficient (Wildman–Crippen LogP) is 2.15. The summed E-state index contributed by atoms with van der Waals surface area (Å²) in [4.78, 5) is 12.0. The molecule has 0 aromatic heterocycles. The van der Waals surface area contributed by atoms with E-state index in [0.717, 1.165) is 35.3 Å². The maximum Gasteiger partial charge on any atom is 0.244 e. The first-order valence-electron chi connectivity index (χ1n) is 6.66. The monoisotopic (exact) mass is 262 g/mol. The van der Waals surface area contributed by atoms with Gasteiger partial charge in [-0.2, -0.15) is 0 Å². The number of benzene rings is 1. The van der Waals surface area contributed by atoms with Gasteiger partial charge in [-0.15, -0.1) is 0 Å². The van der Waals surface area contributed by atoms with Crippen molar-refractivity contribution in [2.45, 2.75) is 44.9 Å². The lowest BCUT2D eigenvalue weighted by Gasteiger charge is -2.21. The third-order valence-corrected chi connectivity index (χ3v) is 4.03. The van der Waals surface area contributed by atoms with Crippen LogP contribution in [0.2, 0.25) is 0 Å². The molecule has 1 saturated carbocycles. The lowest BCUT2D eigenvalue weighted by molar-refractivity contribution is -0.123. The molecule has 1 aromatic carbocycles. The van der Waals surface area contributed by atoms with E-state index < -0.39 is 5.41 Å². The van der Waals surface area contributed by atoms with Crippen LogP contribution in [0.1, 0.15) is 49.3 Å². The van der Waals surface area contributed by atoms with E-state index in [4.69, 9.17) is 10.6 Å². The van der Waals surface area contributed by atoms with Crippen LogP contribution in [-0.2, 0) is 10.2 Å². The molecule has 0 spiro atoms. The van der Waals surface area contributed by atoms with Gasteiger partial charge in [-0.3, -0.25) is 10.2 Å². The molecular formula is C15H22N2O2.